The first-order valence-corrected chi connectivity index (χ1v) is 6.47. The number of rotatable bonds is 5. The summed E-state index contributed by atoms with van der Waals surface area (Å²) in [4.78, 5) is 23.2. The minimum Gasteiger partial charge on any atom is -0.469 e. The van der Waals surface area contributed by atoms with Crippen molar-refractivity contribution in [3.63, 3.8) is 0 Å². The molecule has 116 valence electrons. The molecule has 0 aromatic carbocycles. The zero-order valence-corrected chi connectivity index (χ0v) is 12.6. The molecule has 1 N–H and O–H groups in total. The molecule has 3 atom stereocenters. The van der Waals surface area contributed by atoms with Crippen LogP contribution in [0.1, 0.15) is 27.2 Å². The van der Waals surface area contributed by atoms with E-state index in [0.717, 1.165) is 0 Å². The zero-order chi connectivity index (χ0) is 15.3. The van der Waals surface area contributed by atoms with E-state index in [9.17, 15) is 9.59 Å². The summed E-state index contributed by atoms with van der Waals surface area (Å²) in [5.41, 5.74) is -0.610. The number of hydrogen-bond acceptors (Lipinski definition) is 6. The predicted molar refractivity (Wildman–Crippen MR) is 70.3 cm³/mol. The lowest BCUT2D eigenvalue weighted by Crippen LogP contribution is -2.59. The second-order valence-electron chi connectivity index (χ2n) is 5.61. The number of esters is 1. The molecule has 0 unspecified atom stereocenters. The molecule has 1 fully saturated rings. The van der Waals surface area contributed by atoms with E-state index in [1.54, 1.807) is 27.9 Å². The van der Waals surface area contributed by atoms with Crippen molar-refractivity contribution in [3.8, 4) is 0 Å². The highest BCUT2D eigenvalue weighted by atomic mass is 16.6. The van der Waals surface area contributed by atoms with E-state index in [-0.39, 0.29) is 18.6 Å². The number of methoxy groups -OCH3 is 2. The smallest absolute Gasteiger partial charge is 0.407 e. The molecule has 0 radical (unpaired) electrons. The summed E-state index contributed by atoms with van der Waals surface area (Å²) >= 11 is 0. The van der Waals surface area contributed by atoms with Crippen LogP contribution in [0.15, 0.2) is 0 Å². The number of amides is 1. The van der Waals surface area contributed by atoms with Gasteiger partial charge >= 0.3 is 12.1 Å². The third-order valence-electron chi connectivity index (χ3n) is 2.84. The van der Waals surface area contributed by atoms with Crippen molar-refractivity contribution in [1.82, 2.24) is 5.32 Å². The maximum Gasteiger partial charge on any atom is 0.407 e. The number of hydrogen-bond donors (Lipinski definition) is 1. The maximum absolute atomic E-state index is 11.8. The molecular weight excluding hydrogens is 266 g/mol. The van der Waals surface area contributed by atoms with Gasteiger partial charge in [0.2, 0.25) is 0 Å². The first-order chi connectivity index (χ1) is 9.26. The SMILES string of the molecule is COC(=O)C[C@@H](NC(=O)OC(C)(C)C)[C@H]1OC[C@H]1OC. The molecular formula is C13H23NO6. The Balaban J connectivity index is 2.63. The first kappa shape index (κ1) is 16.7. The number of alkyl carbamates (subject to hydrolysis) is 1. The highest BCUT2D eigenvalue weighted by Crippen LogP contribution is 2.22. The Labute approximate surface area is 118 Å². The molecule has 0 spiro atoms. The van der Waals surface area contributed by atoms with Gasteiger partial charge in [-0.1, -0.05) is 0 Å². The summed E-state index contributed by atoms with van der Waals surface area (Å²) in [6, 6.07) is -0.545. The standard InChI is InChI=1S/C13H23NO6/c1-13(2,3)20-12(16)14-8(6-10(15)18-5)11-9(17-4)7-19-11/h8-9,11H,6-7H2,1-5H3,(H,14,16)/t8-,9-,11-/m1/s1. The number of nitrogens with one attached hydrogen (secondary N) is 1. The quantitative estimate of drug-likeness (QED) is 0.756. The van der Waals surface area contributed by atoms with Crippen LogP contribution < -0.4 is 5.32 Å². The van der Waals surface area contributed by atoms with E-state index in [0.29, 0.717) is 6.61 Å². The summed E-state index contributed by atoms with van der Waals surface area (Å²) < 4.78 is 20.4. The van der Waals surface area contributed by atoms with Crippen molar-refractivity contribution in [1.29, 1.82) is 0 Å². The van der Waals surface area contributed by atoms with Crippen LogP contribution in [0.4, 0.5) is 4.79 Å². The molecule has 0 bridgehead atoms. The van der Waals surface area contributed by atoms with Crippen molar-refractivity contribution >= 4 is 12.1 Å². The molecule has 7 nitrogen and oxygen atoms in total. The third-order valence-corrected chi connectivity index (χ3v) is 2.84. The lowest BCUT2D eigenvalue weighted by molar-refractivity contribution is -0.190. The van der Waals surface area contributed by atoms with Crippen LogP contribution in [-0.4, -0.2) is 56.7 Å². The van der Waals surface area contributed by atoms with Gasteiger partial charge in [-0.3, -0.25) is 4.79 Å². The molecule has 0 aromatic rings. The Morgan fingerprint density at radius 3 is 2.40 bits per heavy atom. The second-order valence-corrected chi connectivity index (χ2v) is 5.61. The Bertz CT molecular complexity index is 349. The van der Waals surface area contributed by atoms with Gasteiger partial charge in [-0.15, -0.1) is 0 Å². The van der Waals surface area contributed by atoms with E-state index in [4.69, 9.17) is 14.2 Å². The molecule has 20 heavy (non-hydrogen) atoms. The fraction of sp³-hybridized carbons (Fsp3) is 0.846. The molecule has 1 aliphatic heterocycles. The van der Waals surface area contributed by atoms with Crippen molar-refractivity contribution in [3.05, 3.63) is 0 Å². The van der Waals surface area contributed by atoms with Crippen LogP contribution >= 0.6 is 0 Å². The van der Waals surface area contributed by atoms with Crippen molar-refractivity contribution in [2.75, 3.05) is 20.8 Å². The van der Waals surface area contributed by atoms with Gasteiger partial charge in [0.25, 0.3) is 0 Å². The largest absolute Gasteiger partial charge is 0.469 e. The van der Waals surface area contributed by atoms with E-state index >= 15 is 0 Å². The molecule has 1 rings (SSSR count). The van der Waals surface area contributed by atoms with Gasteiger partial charge in [0, 0.05) is 7.11 Å². The van der Waals surface area contributed by atoms with E-state index in [1.165, 1.54) is 7.11 Å². The normalized spacial score (nSPS) is 23.4. The van der Waals surface area contributed by atoms with Crippen LogP contribution in [-0.2, 0) is 23.7 Å². The van der Waals surface area contributed by atoms with Gasteiger partial charge < -0.3 is 24.3 Å². The summed E-state index contributed by atoms with van der Waals surface area (Å²) in [6.07, 6.45) is -1.14. The first-order valence-electron chi connectivity index (χ1n) is 6.47. The zero-order valence-electron chi connectivity index (χ0n) is 12.6. The fourth-order valence-corrected chi connectivity index (χ4v) is 1.83. The lowest BCUT2D eigenvalue weighted by Gasteiger charge is -2.40. The summed E-state index contributed by atoms with van der Waals surface area (Å²) in [7, 11) is 2.85. The second kappa shape index (κ2) is 6.90. The minimum atomic E-state index is -0.610. The van der Waals surface area contributed by atoms with E-state index in [2.05, 4.69) is 10.1 Å². The fourth-order valence-electron chi connectivity index (χ4n) is 1.83. The summed E-state index contributed by atoms with van der Waals surface area (Å²) in [5, 5.41) is 2.64. The average Bonchev–Trinajstić information content (AvgIpc) is 2.25. The highest BCUT2D eigenvalue weighted by molar-refractivity contribution is 5.73. The van der Waals surface area contributed by atoms with Crippen molar-refractivity contribution < 1.29 is 28.5 Å². The number of carbonyl (C=O) groups is 2. The van der Waals surface area contributed by atoms with Crippen LogP contribution in [0, 0.1) is 0 Å². The monoisotopic (exact) mass is 289 g/mol. The Morgan fingerprint density at radius 2 is 2.00 bits per heavy atom. The molecule has 1 heterocycles. The number of ether oxygens (including phenoxy) is 4. The van der Waals surface area contributed by atoms with Gasteiger partial charge in [0.05, 0.1) is 26.2 Å². The Morgan fingerprint density at radius 1 is 1.35 bits per heavy atom. The van der Waals surface area contributed by atoms with E-state index in [1.807, 2.05) is 0 Å². The minimum absolute atomic E-state index is 0.000267. The molecule has 0 aliphatic carbocycles. The van der Waals surface area contributed by atoms with Crippen LogP contribution in [0.5, 0.6) is 0 Å². The molecule has 1 saturated heterocycles. The molecule has 1 aliphatic rings. The summed E-state index contributed by atoms with van der Waals surface area (Å²) in [6.45, 7) is 5.73. The average molecular weight is 289 g/mol. The molecule has 1 amide bonds. The van der Waals surface area contributed by atoms with Crippen molar-refractivity contribution in [2.24, 2.45) is 0 Å². The lowest BCUT2D eigenvalue weighted by atomic mass is 9.98. The summed E-state index contributed by atoms with van der Waals surface area (Å²) in [5.74, 6) is -0.434. The van der Waals surface area contributed by atoms with Gasteiger partial charge in [0.1, 0.15) is 17.8 Å². The van der Waals surface area contributed by atoms with Gasteiger partial charge in [-0.2, -0.15) is 0 Å². The highest BCUT2D eigenvalue weighted by Gasteiger charge is 2.41. The molecule has 0 saturated carbocycles. The predicted octanol–water partition coefficient (Wildman–Crippen LogP) is 0.857. The number of carbonyl (C=O) groups excluding carboxylic acids is 2. The third kappa shape index (κ3) is 4.97. The Kier molecular flexibility index (Phi) is 5.76. The van der Waals surface area contributed by atoms with Crippen molar-refractivity contribution in [2.45, 2.75) is 51.0 Å². The van der Waals surface area contributed by atoms with Gasteiger partial charge in [0.15, 0.2) is 0 Å². The van der Waals surface area contributed by atoms with Crippen LogP contribution in [0.3, 0.4) is 0 Å². The van der Waals surface area contributed by atoms with E-state index < -0.39 is 23.7 Å². The molecule has 7 heteroatoms. The maximum atomic E-state index is 11.8. The Hall–Kier alpha value is -1.34. The van der Waals surface area contributed by atoms with Crippen LogP contribution in [0.25, 0.3) is 0 Å². The van der Waals surface area contributed by atoms with Gasteiger partial charge in [-0.25, -0.2) is 4.79 Å². The topological polar surface area (TPSA) is 83.1 Å². The molecule has 0 aromatic heterocycles. The van der Waals surface area contributed by atoms with Crippen LogP contribution in [0.2, 0.25) is 0 Å². The van der Waals surface area contributed by atoms with Gasteiger partial charge in [-0.05, 0) is 20.8 Å².